The summed E-state index contributed by atoms with van der Waals surface area (Å²) < 4.78 is 0. The summed E-state index contributed by atoms with van der Waals surface area (Å²) in [6, 6.07) is 20.5. The summed E-state index contributed by atoms with van der Waals surface area (Å²) in [5.41, 5.74) is 3.30. The van der Waals surface area contributed by atoms with Crippen molar-refractivity contribution < 1.29 is 0 Å². The standard InChI is InChI=1S/C20H20/c1-17(14-15-18-10-6-4-7-11-18)20(2,3)16-19-12-8-5-9-13-19/h4-13H,1,16H2,2-3H3. The highest BCUT2D eigenvalue weighted by Crippen LogP contribution is 2.29. The number of benzene rings is 2. The Bertz CT molecular complexity index is 622. The van der Waals surface area contributed by atoms with E-state index in [4.69, 9.17) is 0 Å². The fourth-order valence-corrected chi connectivity index (χ4v) is 2.05. The molecule has 0 N–H and O–H groups in total. The van der Waals surface area contributed by atoms with Gasteiger partial charge in [0.2, 0.25) is 0 Å². The van der Waals surface area contributed by atoms with Crippen LogP contribution in [0.3, 0.4) is 0 Å². The lowest BCUT2D eigenvalue weighted by Crippen LogP contribution is -2.16. The van der Waals surface area contributed by atoms with Gasteiger partial charge in [0, 0.05) is 16.6 Å². The Morgan fingerprint density at radius 3 is 2.10 bits per heavy atom. The molecule has 100 valence electrons. The monoisotopic (exact) mass is 260 g/mol. The van der Waals surface area contributed by atoms with Crippen LogP contribution in [0.1, 0.15) is 25.0 Å². The van der Waals surface area contributed by atoms with Crippen LogP contribution in [0.2, 0.25) is 0 Å². The highest BCUT2D eigenvalue weighted by Gasteiger charge is 2.21. The quantitative estimate of drug-likeness (QED) is 0.691. The van der Waals surface area contributed by atoms with E-state index >= 15 is 0 Å². The molecule has 0 aliphatic heterocycles. The molecule has 0 saturated carbocycles. The molecule has 0 atom stereocenters. The number of allylic oxidation sites excluding steroid dienone is 1. The van der Waals surface area contributed by atoms with Crippen LogP contribution in [0.5, 0.6) is 0 Å². The summed E-state index contributed by atoms with van der Waals surface area (Å²) in [5, 5.41) is 0. The maximum absolute atomic E-state index is 4.16. The van der Waals surface area contributed by atoms with E-state index in [1.165, 1.54) is 5.56 Å². The van der Waals surface area contributed by atoms with Crippen molar-refractivity contribution in [2.45, 2.75) is 20.3 Å². The largest absolute Gasteiger partial charge is 0.0868 e. The lowest BCUT2D eigenvalue weighted by molar-refractivity contribution is 0.459. The van der Waals surface area contributed by atoms with Gasteiger partial charge in [0.25, 0.3) is 0 Å². The van der Waals surface area contributed by atoms with Crippen LogP contribution in [0.15, 0.2) is 72.8 Å². The molecule has 0 fully saturated rings. The van der Waals surface area contributed by atoms with E-state index in [-0.39, 0.29) is 5.41 Å². The molecule has 0 aromatic heterocycles. The second-order valence-electron chi connectivity index (χ2n) is 5.64. The highest BCUT2D eigenvalue weighted by molar-refractivity contribution is 5.42. The second-order valence-corrected chi connectivity index (χ2v) is 5.64. The van der Waals surface area contributed by atoms with Crippen molar-refractivity contribution in [3.05, 3.63) is 83.9 Å². The van der Waals surface area contributed by atoms with E-state index < -0.39 is 0 Å². The zero-order valence-electron chi connectivity index (χ0n) is 12.2. The first-order valence-corrected chi connectivity index (χ1v) is 6.88. The summed E-state index contributed by atoms with van der Waals surface area (Å²) >= 11 is 0. The molecule has 20 heavy (non-hydrogen) atoms. The second kappa shape index (κ2) is 6.26. The average molecular weight is 260 g/mol. The van der Waals surface area contributed by atoms with Crippen molar-refractivity contribution >= 4 is 0 Å². The van der Waals surface area contributed by atoms with Crippen molar-refractivity contribution in [1.29, 1.82) is 0 Å². The fourth-order valence-electron chi connectivity index (χ4n) is 2.05. The molecule has 2 rings (SSSR count). The summed E-state index contributed by atoms with van der Waals surface area (Å²) in [6.07, 6.45) is 0.955. The highest BCUT2D eigenvalue weighted by atomic mass is 14.2. The summed E-state index contributed by atoms with van der Waals surface area (Å²) in [4.78, 5) is 0. The van der Waals surface area contributed by atoms with E-state index in [9.17, 15) is 0 Å². The first-order chi connectivity index (χ1) is 9.58. The predicted octanol–water partition coefficient (Wildman–Crippen LogP) is 4.86. The van der Waals surface area contributed by atoms with Gasteiger partial charge in [0.1, 0.15) is 0 Å². The zero-order chi connectivity index (χ0) is 14.4. The number of rotatable bonds is 3. The molecule has 0 amide bonds. The minimum Gasteiger partial charge on any atom is -0.0868 e. The van der Waals surface area contributed by atoms with Crippen molar-refractivity contribution in [2.75, 3.05) is 0 Å². The molecule has 0 unspecified atom stereocenters. The maximum Gasteiger partial charge on any atom is 0.0248 e. The zero-order valence-corrected chi connectivity index (χ0v) is 12.2. The number of hydrogen-bond acceptors (Lipinski definition) is 0. The Hall–Kier alpha value is -2.26. The normalized spacial score (nSPS) is 10.5. The molecule has 0 heteroatoms. The van der Waals surface area contributed by atoms with E-state index in [0.29, 0.717) is 0 Å². The van der Waals surface area contributed by atoms with Crippen molar-refractivity contribution in [3.63, 3.8) is 0 Å². The lowest BCUT2D eigenvalue weighted by atomic mass is 9.79. The van der Waals surface area contributed by atoms with Crippen LogP contribution in [0.4, 0.5) is 0 Å². The average Bonchev–Trinajstić information content (AvgIpc) is 2.46. The van der Waals surface area contributed by atoms with Gasteiger partial charge in [-0.3, -0.25) is 0 Å². The lowest BCUT2D eigenvalue weighted by Gasteiger charge is -2.24. The molecule has 0 radical (unpaired) electrons. The summed E-state index contributed by atoms with van der Waals surface area (Å²) in [6.45, 7) is 8.56. The van der Waals surface area contributed by atoms with Gasteiger partial charge in [0.05, 0.1) is 0 Å². The molecule has 0 nitrogen and oxygen atoms in total. The van der Waals surface area contributed by atoms with Crippen LogP contribution in [-0.2, 0) is 6.42 Å². The van der Waals surface area contributed by atoms with E-state index in [1.807, 2.05) is 36.4 Å². The molecule has 0 bridgehead atoms. The van der Waals surface area contributed by atoms with Crippen LogP contribution in [-0.4, -0.2) is 0 Å². The van der Waals surface area contributed by atoms with Crippen LogP contribution in [0.25, 0.3) is 0 Å². The molecule has 0 saturated heterocycles. The Labute approximate surface area is 122 Å². The van der Waals surface area contributed by atoms with E-state index in [1.54, 1.807) is 0 Å². The van der Waals surface area contributed by atoms with Gasteiger partial charge < -0.3 is 0 Å². The third-order valence-electron chi connectivity index (χ3n) is 3.44. The smallest absolute Gasteiger partial charge is 0.0248 e. The predicted molar refractivity (Wildman–Crippen MR) is 86.4 cm³/mol. The molecule has 2 aromatic carbocycles. The summed E-state index contributed by atoms with van der Waals surface area (Å²) in [5.74, 6) is 6.40. The van der Waals surface area contributed by atoms with Gasteiger partial charge in [-0.25, -0.2) is 0 Å². The van der Waals surface area contributed by atoms with Gasteiger partial charge in [-0.05, 0) is 24.1 Å². The van der Waals surface area contributed by atoms with Gasteiger partial charge >= 0.3 is 0 Å². The van der Waals surface area contributed by atoms with Gasteiger partial charge in [-0.1, -0.05) is 80.8 Å². The van der Waals surface area contributed by atoms with Crippen LogP contribution < -0.4 is 0 Å². The molecule has 2 aromatic rings. The van der Waals surface area contributed by atoms with E-state index in [2.05, 4.69) is 56.5 Å². The van der Waals surface area contributed by atoms with Crippen LogP contribution >= 0.6 is 0 Å². The fraction of sp³-hybridized carbons (Fsp3) is 0.200. The third kappa shape index (κ3) is 3.87. The topological polar surface area (TPSA) is 0 Å². The minimum absolute atomic E-state index is 0.0247. The Morgan fingerprint density at radius 1 is 0.950 bits per heavy atom. The van der Waals surface area contributed by atoms with Crippen molar-refractivity contribution in [1.82, 2.24) is 0 Å². The molecule has 0 aliphatic carbocycles. The Morgan fingerprint density at radius 2 is 1.50 bits per heavy atom. The third-order valence-corrected chi connectivity index (χ3v) is 3.44. The molecule has 0 heterocycles. The van der Waals surface area contributed by atoms with Gasteiger partial charge in [-0.15, -0.1) is 0 Å². The van der Waals surface area contributed by atoms with Gasteiger partial charge in [0.15, 0.2) is 0 Å². The Kier molecular flexibility index (Phi) is 4.43. The molecular formula is C20H20. The Balaban J connectivity index is 2.10. The van der Waals surface area contributed by atoms with E-state index in [0.717, 1.165) is 17.6 Å². The minimum atomic E-state index is -0.0247. The SMILES string of the molecule is C=C(C#Cc1ccccc1)C(C)(C)Cc1ccccc1. The molecule has 0 spiro atoms. The first-order valence-electron chi connectivity index (χ1n) is 6.88. The van der Waals surface area contributed by atoms with Crippen molar-refractivity contribution in [3.8, 4) is 11.8 Å². The van der Waals surface area contributed by atoms with Crippen molar-refractivity contribution in [2.24, 2.45) is 5.41 Å². The van der Waals surface area contributed by atoms with Crippen LogP contribution in [0, 0.1) is 17.3 Å². The molecule has 0 aliphatic rings. The molecular weight excluding hydrogens is 240 g/mol. The maximum atomic E-state index is 4.16. The first kappa shape index (κ1) is 14.2. The number of hydrogen-bond donors (Lipinski definition) is 0. The van der Waals surface area contributed by atoms with Gasteiger partial charge in [-0.2, -0.15) is 0 Å². The summed E-state index contributed by atoms with van der Waals surface area (Å²) in [7, 11) is 0.